The van der Waals surface area contributed by atoms with Crippen molar-refractivity contribution in [1.29, 1.82) is 0 Å². The summed E-state index contributed by atoms with van der Waals surface area (Å²) in [5.41, 5.74) is 0. The van der Waals surface area contributed by atoms with Crippen LogP contribution < -0.4 is 5.32 Å². The molecule has 2 rings (SSSR count). The molecule has 2 aliphatic heterocycles. The number of likely N-dealkylation sites (tertiary alicyclic amines) is 1. The van der Waals surface area contributed by atoms with E-state index in [-0.39, 0.29) is 17.9 Å². The SMILES string of the molecule is CC(=O)N1CCCC1C(=O)N1CCNC(C)C1. The molecule has 0 aromatic carbocycles. The molecular formula is C12H21N3O2. The fraction of sp³-hybridized carbons (Fsp3) is 0.833. The van der Waals surface area contributed by atoms with Gasteiger partial charge in [0, 0.05) is 39.1 Å². The summed E-state index contributed by atoms with van der Waals surface area (Å²) in [5.74, 6) is 0.148. The van der Waals surface area contributed by atoms with E-state index in [4.69, 9.17) is 0 Å². The summed E-state index contributed by atoms with van der Waals surface area (Å²) in [6.45, 7) is 6.71. The number of carbonyl (C=O) groups is 2. The predicted molar refractivity (Wildman–Crippen MR) is 64.5 cm³/mol. The van der Waals surface area contributed by atoms with E-state index in [1.807, 2.05) is 4.90 Å². The van der Waals surface area contributed by atoms with E-state index in [1.165, 1.54) is 0 Å². The van der Waals surface area contributed by atoms with Crippen LogP contribution in [-0.2, 0) is 9.59 Å². The second-order valence-corrected chi connectivity index (χ2v) is 5.01. The Morgan fingerprint density at radius 1 is 1.29 bits per heavy atom. The summed E-state index contributed by atoms with van der Waals surface area (Å²) in [6, 6.07) is 0.137. The van der Waals surface area contributed by atoms with Gasteiger partial charge in [-0.1, -0.05) is 0 Å². The number of hydrogen-bond donors (Lipinski definition) is 1. The van der Waals surface area contributed by atoms with Crippen LogP contribution in [0.4, 0.5) is 0 Å². The normalized spacial score (nSPS) is 29.5. The summed E-state index contributed by atoms with van der Waals surface area (Å²) in [5, 5.41) is 3.32. The number of amides is 2. The van der Waals surface area contributed by atoms with Gasteiger partial charge in [0.25, 0.3) is 0 Å². The highest BCUT2D eigenvalue weighted by Gasteiger charge is 2.35. The lowest BCUT2D eigenvalue weighted by atomic mass is 10.1. The minimum absolute atomic E-state index is 0.0176. The fourth-order valence-electron chi connectivity index (χ4n) is 2.74. The van der Waals surface area contributed by atoms with Crippen molar-refractivity contribution >= 4 is 11.8 Å². The second kappa shape index (κ2) is 5.04. The van der Waals surface area contributed by atoms with Crippen molar-refractivity contribution in [3.05, 3.63) is 0 Å². The van der Waals surface area contributed by atoms with Crippen LogP contribution in [0.5, 0.6) is 0 Å². The van der Waals surface area contributed by atoms with E-state index in [1.54, 1.807) is 11.8 Å². The van der Waals surface area contributed by atoms with Crippen molar-refractivity contribution in [2.24, 2.45) is 0 Å². The smallest absolute Gasteiger partial charge is 0.245 e. The van der Waals surface area contributed by atoms with Crippen molar-refractivity contribution in [2.75, 3.05) is 26.2 Å². The van der Waals surface area contributed by atoms with Gasteiger partial charge in [0.05, 0.1) is 0 Å². The third kappa shape index (κ3) is 2.60. The highest BCUT2D eigenvalue weighted by Crippen LogP contribution is 2.20. The topological polar surface area (TPSA) is 52.7 Å². The summed E-state index contributed by atoms with van der Waals surface area (Å²) in [4.78, 5) is 27.4. The molecule has 0 aromatic heterocycles. The van der Waals surface area contributed by atoms with Crippen LogP contribution in [0.15, 0.2) is 0 Å². The monoisotopic (exact) mass is 239 g/mol. The molecule has 5 heteroatoms. The van der Waals surface area contributed by atoms with Crippen molar-refractivity contribution in [3.63, 3.8) is 0 Å². The van der Waals surface area contributed by atoms with Crippen LogP contribution >= 0.6 is 0 Å². The first-order chi connectivity index (χ1) is 8.09. The van der Waals surface area contributed by atoms with Crippen molar-refractivity contribution in [1.82, 2.24) is 15.1 Å². The van der Waals surface area contributed by atoms with Gasteiger partial charge in [-0.25, -0.2) is 0 Å². The van der Waals surface area contributed by atoms with Crippen LogP contribution in [-0.4, -0.2) is 59.9 Å². The average Bonchev–Trinajstić information content (AvgIpc) is 2.77. The number of carbonyl (C=O) groups excluding carboxylic acids is 2. The van der Waals surface area contributed by atoms with Gasteiger partial charge in [0.15, 0.2) is 0 Å². The van der Waals surface area contributed by atoms with Gasteiger partial charge in [-0.2, -0.15) is 0 Å². The van der Waals surface area contributed by atoms with Crippen LogP contribution in [0.1, 0.15) is 26.7 Å². The lowest BCUT2D eigenvalue weighted by Crippen LogP contribution is -2.56. The molecule has 0 spiro atoms. The number of nitrogens with zero attached hydrogens (tertiary/aromatic N) is 2. The number of hydrogen-bond acceptors (Lipinski definition) is 3. The number of nitrogens with one attached hydrogen (secondary N) is 1. The van der Waals surface area contributed by atoms with Crippen LogP contribution in [0.3, 0.4) is 0 Å². The van der Waals surface area contributed by atoms with E-state index in [9.17, 15) is 9.59 Å². The standard InChI is InChI=1S/C12H21N3O2/c1-9-8-14(7-5-13-9)12(17)11-4-3-6-15(11)10(2)16/h9,11,13H,3-8H2,1-2H3. The minimum atomic E-state index is -0.210. The van der Waals surface area contributed by atoms with Crippen LogP contribution in [0, 0.1) is 0 Å². The average molecular weight is 239 g/mol. The van der Waals surface area contributed by atoms with Gasteiger partial charge in [0.1, 0.15) is 6.04 Å². The van der Waals surface area contributed by atoms with Crippen molar-refractivity contribution in [3.8, 4) is 0 Å². The molecule has 0 radical (unpaired) electrons. The molecule has 5 nitrogen and oxygen atoms in total. The first-order valence-corrected chi connectivity index (χ1v) is 6.39. The summed E-state index contributed by atoms with van der Waals surface area (Å²) < 4.78 is 0. The molecule has 2 unspecified atom stereocenters. The Kier molecular flexibility index (Phi) is 3.66. The van der Waals surface area contributed by atoms with Gasteiger partial charge in [-0.3, -0.25) is 9.59 Å². The van der Waals surface area contributed by atoms with Crippen molar-refractivity contribution < 1.29 is 9.59 Å². The molecular weight excluding hydrogens is 218 g/mol. The lowest BCUT2D eigenvalue weighted by molar-refractivity contribution is -0.143. The summed E-state index contributed by atoms with van der Waals surface area (Å²) >= 11 is 0. The molecule has 96 valence electrons. The lowest BCUT2D eigenvalue weighted by Gasteiger charge is -2.35. The van der Waals surface area contributed by atoms with E-state index in [0.29, 0.717) is 6.04 Å². The zero-order valence-electron chi connectivity index (χ0n) is 10.6. The molecule has 2 saturated heterocycles. The fourth-order valence-corrected chi connectivity index (χ4v) is 2.74. The Labute approximate surface area is 102 Å². The predicted octanol–water partition coefficient (Wildman–Crippen LogP) is -0.182. The first kappa shape index (κ1) is 12.4. The zero-order chi connectivity index (χ0) is 12.4. The van der Waals surface area contributed by atoms with Crippen LogP contribution in [0.2, 0.25) is 0 Å². The Balaban J connectivity index is 2.01. The summed E-state index contributed by atoms with van der Waals surface area (Å²) in [7, 11) is 0. The zero-order valence-corrected chi connectivity index (χ0v) is 10.6. The van der Waals surface area contributed by atoms with Crippen LogP contribution in [0.25, 0.3) is 0 Å². The highest BCUT2D eigenvalue weighted by molar-refractivity contribution is 5.87. The Bertz CT molecular complexity index is 319. The van der Waals surface area contributed by atoms with Gasteiger partial charge in [-0.05, 0) is 19.8 Å². The summed E-state index contributed by atoms with van der Waals surface area (Å²) in [6.07, 6.45) is 1.76. The molecule has 0 aliphatic carbocycles. The van der Waals surface area contributed by atoms with E-state index in [2.05, 4.69) is 12.2 Å². The van der Waals surface area contributed by atoms with Gasteiger partial charge < -0.3 is 15.1 Å². The second-order valence-electron chi connectivity index (χ2n) is 5.01. The Morgan fingerprint density at radius 3 is 2.71 bits per heavy atom. The molecule has 0 bridgehead atoms. The number of piperazine rings is 1. The molecule has 2 amide bonds. The first-order valence-electron chi connectivity index (χ1n) is 6.39. The Hall–Kier alpha value is -1.10. The Morgan fingerprint density at radius 2 is 2.06 bits per heavy atom. The highest BCUT2D eigenvalue weighted by atomic mass is 16.2. The molecule has 17 heavy (non-hydrogen) atoms. The minimum Gasteiger partial charge on any atom is -0.338 e. The molecule has 2 heterocycles. The van der Waals surface area contributed by atoms with Gasteiger partial charge in [-0.15, -0.1) is 0 Å². The van der Waals surface area contributed by atoms with Gasteiger partial charge in [0.2, 0.25) is 11.8 Å². The molecule has 0 aromatic rings. The molecule has 2 aliphatic rings. The molecule has 2 fully saturated rings. The number of rotatable bonds is 1. The van der Waals surface area contributed by atoms with E-state index < -0.39 is 0 Å². The van der Waals surface area contributed by atoms with E-state index >= 15 is 0 Å². The third-order valence-electron chi connectivity index (χ3n) is 3.62. The molecule has 0 saturated carbocycles. The van der Waals surface area contributed by atoms with E-state index in [0.717, 1.165) is 39.0 Å². The van der Waals surface area contributed by atoms with Crippen molar-refractivity contribution in [2.45, 2.75) is 38.8 Å². The molecule has 1 N–H and O–H groups in total. The maximum atomic E-state index is 12.4. The quantitative estimate of drug-likeness (QED) is 0.690. The maximum absolute atomic E-state index is 12.4. The molecule has 2 atom stereocenters. The third-order valence-corrected chi connectivity index (χ3v) is 3.62. The largest absolute Gasteiger partial charge is 0.338 e. The van der Waals surface area contributed by atoms with Gasteiger partial charge >= 0.3 is 0 Å². The maximum Gasteiger partial charge on any atom is 0.245 e.